The van der Waals surface area contributed by atoms with Crippen molar-refractivity contribution < 1.29 is 9.90 Å². The lowest BCUT2D eigenvalue weighted by Crippen LogP contribution is -2.24. The van der Waals surface area contributed by atoms with Gasteiger partial charge in [0.05, 0.1) is 0 Å². The number of benzene rings is 1. The molecule has 4 heteroatoms. The maximum absolute atomic E-state index is 11.5. The first-order valence-corrected chi connectivity index (χ1v) is 5.94. The maximum Gasteiger partial charge on any atom is 0.251 e. The molecule has 0 fully saturated rings. The molecule has 1 rings (SSSR count). The number of aliphatic hydroxyl groups excluding tert-OH is 1. The van der Waals surface area contributed by atoms with Gasteiger partial charge < -0.3 is 10.4 Å². The van der Waals surface area contributed by atoms with E-state index in [2.05, 4.69) is 21.2 Å². The molecule has 0 heterocycles. The van der Waals surface area contributed by atoms with Crippen molar-refractivity contribution in [1.29, 1.82) is 0 Å². The highest BCUT2D eigenvalue weighted by molar-refractivity contribution is 9.08. The van der Waals surface area contributed by atoms with E-state index >= 15 is 0 Å². The summed E-state index contributed by atoms with van der Waals surface area (Å²) in [5, 5.41) is 12.1. The van der Waals surface area contributed by atoms with Crippen molar-refractivity contribution in [2.75, 3.05) is 13.2 Å². The van der Waals surface area contributed by atoms with Gasteiger partial charge in [-0.3, -0.25) is 4.79 Å². The molecule has 0 saturated carbocycles. The summed E-state index contributed by atoms with van der Waals surface area (Å²) in [5.74, 6) is -0.0930. The molecule has 0 bridgehead atoms. The van der Waals surface area contributed by atoms with Crippen molar-refractivity contribution in [3.8, 4) is 0 Å². The number of amides is 1. The first-order chi connectivity index (χ1) is 7.27. The van der Waals surface area contributed by atoms with Crippen LogP contribution in [-0.4, -0.2) is 24.2 Å². The van der Waals surface area contributed by atoms with E-state index in [1.807, 2.05) is 12.1 Å². The number of halogens is 1. The second-order valence-electron chi connectivity index (χ2n) is 3.16. The van der Waals surface area contributed by atoms with Gasteiger partial charge in [0.15, 0.2) is 0 Å². The third kappa shape index (κ3) is 4.01. The molecule has 0 saturated heterocycles. The van der Waals surface area contributed by atoms with E-state index in [0.717, 1.165) is 10.9 Å². The van der Waals surface area contributed by atoms with E-state index in [4.69, 9.17) is 5.11 Å². The van der Waals surface area contributed by atoms with Gasteiger partial charge in [0.25, 0.3) is 5.91 Å². The van der Waals surface area contributed by atoms with Gasteiger partial charge in [0.2, 0.25) is 0 Å². The largest absolute Gasteiger partial charge is 0.396 e. The predicted molar refractivity (Wildman–Crippen MR) is 63.1 cm³/mol. The Kier molecular flexibility index (Phi) is 5.36. The number of hydrogen-bond acceptors (Lipinski definition) is 2. The number of carbonyl (C=O) groups is 1. The molecular formula is C11H14BrNO2. The highest BCUT2D eigenvalue weighted by Gasteiger charge is 2.03. The number of rotatable bonds is 5. The van der Waals surface area contributed by atoms with Crippen molar-refractivity contribution in [2.45, 2.75) is 11.8 Å². The molecule has 0 aliphatic carbocycles. The van der Waals surface area contributed by atoms with Crippen LogP contribution in [0.15, 0.2) is 24.3 Å². The Morgan fingerprint density at radius 2 is 2.00 bits per heavy atom. The van der Waals surface area contributed by atoms with Gasteiger partial charge in [-0.1, -0.05) is 28.1 Å². The van der Waals surface area contributed by atoms with Crippen LogP contribution < -0.4 is 5.32 Å². The molecule has 0 atom stereocenters. The lowest BCUT2D eigenvalue weighted by Gasteiger charge is -2.04. The maximum atomic E-state index is 11.5. The van der Waals surface area contributed by atoms with E-state index in [1.165, 1.54) is 0 Å². The van der Waals surface area contributed by atoms with Crippen LogP contribution in [0.5, 0.6) is 0 Å². The van der Waals surface area contributed by atoms with Gasteiger partial charge in [-0.15, -0.1) is 0 Å². The summed E-state index contributed by atoms with van der Waals surface area (Å²) in [6.07, 6.45) is 0.589. The minimum atomic E-state index is -0.0930. The third-order valence-electron chi connectivity index (χ3n) is 1.99. The summed E-state index contributed by atoms with van der Waals surface area (Å²) in [4.78, 5) is 11.5. The second-order valence-corrected chi connectivity index (χ2v) is 3.72. The van der Waals surface area contributed by atoms with E-state index in [1.54, 1.807) is 12.1 Å². The molecule has 0 aromatic heterocycles. The molecule has 82 valence electrons. The third-order valence-corrected chi connectivity index (χ3v) is 2.64. The number of carbonyl (C=O) groups excluding carboxylic acids is 1. The first-order valence-electron chi connectivity index (χ1n) is 4.82. The van der Waals surface area contributed by atoms with Crippen molar-refractivity contribution in [2.24, 2.45) is 0 Å². The minimum Gasteiger partial charge on any atom is -0.396 e. The molecule has 0 aliphatic heterocycles. The van der Waals surface area contributed by atoms with Crippen LogP contribution >= 0.6 is 15.9 Å². The lowest BCUT2D eigenvalue weighted by molar-refractivity contribution is 0.0951. The average molecular weight is 272 g/mol. The Labute approximate surface area is 97.6 Å². The zero-order valence-corrected chi connectivity index (χ0v) is 9.96. The fourth-order valence-corrected chi connectivity index (χ4v) is 1.50. The summed E-state index contributed by atoms with van der Waals surface area (Å²) >= 11 is 3.34. The summed E-state index contributed by atoms with van der Waals surface area (Å²) in [6, 6.07) is 7.42. The molecule has 15 heavy (non-hydrogen) atoms. The standard InChI is InChI=1S/C11H14BrNO2/c12-8-9-2-4-10(5-3-9)11(15)13-6-1-7-14/h2-5,14H,1,6-8H2,(H,13,15). The van der Waals surface area contributed by atoms with Gasteiger partial charge in [-0.25, -0.2) is 0 Å². The monoisotopic (exact) mass is 271 g/mol. The topological polar surface area (TPSA) is 49.3 Å². The first kappa shape index (κ1) is 12.2. The van der Waals surface area contributed by atoms with Crippen LogP contribution in [-0.2, 0) is 5.33 Å². The molecule has 1 aromatic rings. The quantitative estimate of drug-likeness (QED) is 0.633. The number of alkyl halides is 1. The number of nitrogens with one attached hydrogen (secondary N) is 1. The fourth-order valence-electron chi connectivity index (χ4n) is 1.13. The Morgan fingerprint density at radius 3 is 2.53 bits per heavy atom. The lowest BCUT2D eigenvalue weighted by atomic mass is 10.1. The number of hydrogen-bond donors (Lipinski definition) is 2. The van der Waals surface area contributed by atoms with Gasteiger partial charge in [0.1, 0.15) is 0 Å². The van der Waals surface area contributed by atoms with Gasteiger partial charge in [-0.2, -0.15) is 0 Å². The van der Waals surface area contributed by atoms with Crippen LogP contribution in [0.25, 0.3) is 0 Å². The van der Waals surface area contributed by atoms with Crippen molar-refractivity contribution in [3.63, 3.8) is 0 Å². The van der Waals surface area contributed by atoms with Crippen LogP contribution in [0.1, 0.15) is 22.3 Å². The molecule has 3 nitrogen and oxygen atoms in total. The molecule has 0 spiro atoms. The Bertz CT molecular complexity index is 311. The molecule has 0 radical (unpaired) electrons. The highest BCUT2D eigenvalue weighted by Crippen LogP contribution is 2.07. The minimum absolute atomic E-state index is 0.0930. The predicted octanol–water partition coefficient (Wildman–Crippen LogP) is 1.69. The smallest absolute Gasteiger partial charge is 0.251 e. The SMILES string of the molecule is O=C(NCCCO)c1ccc(CBr)cc1. The molecule has 1 aromatic carbocycles. The molecule has 2 N–H and O–H groups in total. The van der Waals surface area contributed by atoms with Gasteiger partial charge >= 0.3 is 0 Å². The summed E-state index contributed by atoms with van der Waals surface area (Å²) in [7, 11) is 0. The van der Waals surface area contributed by atoms with E-state index in [0.29, 0.717) is 18.5 Å². The summed E-state index contributed by atoms with van der Waals surface area (Å²) in [5.41, 5.74) is 1.79. The molecular weight excluding hydrogens is 258 g/mol. The average Bonchev–Trinajstić information content (AvgIpc) is 2.29. The Hall–Kier alpha value is -0.870. The highest BCUT2D eigenvalue weighted by atomic mass is 79.9. The van der Waals surface area contributed by atoms with Crippen molar-refractivity contribution in [1.82, 2.24) is 5.32 Å². The zero-order chi connectivity index (χ0) is 11.1. The Morgan fingerprint density at radius 1 is 1.33 bits per heavy atom. The van der Waals surface area contributed by atoms with E-state index in [-0.39, 0.29) is 12.5 Å². The number of aliphatic hydroxyl groups is 1. The van der Waals surface area contributed by atoms with E-state index in [9.17, 15) is 4.79 Å². The van der Waals surface area contributed by atoms with Crippen LogP contribution in [0, 0.1) is 0 Å². The summed E-state index contributed by atoms with van der Waals surface area (Å²) < 4.78 is 0. The fraction of sp³-hybridized carbons (Fsp3) is 0.364. The van der Waals surface area contributed by atoms with Crippen molar-refractivity contribution >= 4 is 21.8 Å². The van der Waals surface area contributed by atoms with Gasteiger partial charge in [0, 0.05) is 24.0 Å². The Balaban J connectivity index is 2.50. The van der Waals surface area contributed by atoms with Crippen LogP contribution in [0.3, 0.4) is 0 Å². The van der Waals surface area contributed by atoms with Gasteiger partial charge in [-0.05, 0) is 24.1 Å². The molecule has 0 unspecified atom stereocenters. The normalized spacial score (nSPS) is 10.0. The molecule has 0 aliphatic rings. The van der Waals surface area contributed by atoms with Crippen molar-refractivity contribution in [3.05, 3.63) is 35.4 Å². The second kappa shape index (κ2) is 6.58. The van der Waals surface area contributed by atoms with E-state index < -0.39 is 0 Å². The van der Waals surface area contributed by atoms with Crippen LogP contribution in [0.2, 0.25) is 0 Å². The summed E-state index contributed by atoms with van der Waals surface area (Å²) in [6.45, 7) is 0.609. The molecule has 1 amide bonds. The zero-order valence-electron chi connectivity index (χ0n) is 8.37. The van der Waals surface area contributed by atoms with Crippen LogP contribution in [0.4, 0.5) is 0 Å².